The van der Waals surface area contributed by atoms with E-state index in [2.05, 4.69) is 63.4 Å². The first-order chi connectivity index (χ1) is 12.5. The summed E-state index contributed by atoms with van der Waals surface area (Å²) in [5.41, 5.74) is 0. The smallest absolute Gasteiger partial charge is 0.192 e. The summed E-state index contributed by atoms with van der Waals surface area (Å²) in [5, 5.41) is 0. The first-order valence-electron chi connectivity index (χ1n) is 11.2. The van der Waals surface area contributed by atoms with Gasteiger partial charge in [-0.1, -0.05) is 27.7 Å². The van der Waals surface area contributed by atoms with Crippen LogP contribution < -0.4 is 0 Å². The molecular weight excluding hydrogens is 338 g/mol. The van der Waals surface area contributed by atoms with Crippen LogP contribution >= 0.6 is 0 Å². The molecule has 0 unspecified atom stereocenters. The monoisotopic (exact) mass is 387 g/mol. The standard InChI is InChI=1S/C21H49N3OSi/c1-8-22(6)16-13-18-24(19-14-17-23(7)9-2)20-15-21-26(11-4,12-5)25-10-3/h8-21H2,1-7H3. The van der Waals surface area contributed by atoms with Gasteiger partial charge in [0.25, 0.3) is 0 Å². The molecule has 0 aromatic rings. The van der Waals surface area contributed by atoms with Gasteiger partial charge in [0.05, 0.1) is 0 Å². The summed E-state index contributed by atoms with van der Waals surface area (Å²) in [6.07, 6.45) is 3.87. The van der Waals surface area contributed by atoms with Gasteiger partial charge < -0.3 is 19.1 Å². The van der Waals surface area contributed by atoms with Gasteiger partial charge in [0, 0.05) is 6.61 Å². The van der Waals surface area contributed by atoms with Gasteiger partial charge >= 0.3 is 0 Å². The van der Waals surface area contributed by atoms with E-state index in [1.165, 1.54) is 70.1 Å². The minimum atomic E-state index is -1.46. The molecule has 0 fully saturated rings. The van der Waals surface area contributed by atoms with E-state index in [0.29, 0.717) is 0 Å². The van der Waals surface area contributed by atoms with Gasteiger partial charge in [-0.25, -0.2) is 0 Å². The molecule has 4 nitrogen and oxygen atoms in total. The Morgan fingerprint density at radius 2 is 1.12 bits per heavy atom. The van der Waals surface area contributed by atoms with E-state index < -0.39 is 8.32 Å². The molecule has 0 radical (unpaired) electrons. The fraction of sp³-hybridized carbons (Fsp3) is 1.00. The molecule has 5 heteroatoms. The van der Waals surface area contributed by atoms with Crippen molar-refractivity contribution in [2.24, 2.45) is 0 Å². The second-order valence-electron chi connectivity index (χ2n) is 7.77. The van der Waals surface area contributed by atoms with E-state index in [0.717, 1.165) is 19.7 Å². The zero-order valence-corrected chi connectivity index (χ0v) is 20.1. The molecule has 0 saturated heterocycles. The Morgan fingerprint density at radius 3 is 1.50 bits per heavy atom. The first kappa shape index (κ1) is 26.1. The van der Waals surface area contributed by atoms with Crippen molar-refractivity contribution in [2.75, 3.05) is 66.5 Å². The molecule has 0 saturated carbocycles. The van der Waals surface area contributed by atoms with Crippen LogP contribution in [0.15, 0.2) is 0 Å². The van der Waals surface area contributed by atoms with Crippen LogP contribution in [0, 0.1) is 0 Å². The maximum absolute atomic E-state index is 6.27. The Kier molecular flexibility index (Phi) is 16.1. The lowest BCUT2D eigenvalue weighted by Gasteiger charge is -2.30. The Labute approximate surface area is 166 Å². The molecular formula is C21H49N3OSi. The summed E-state index contributed by atoms with van der Waals surface area (Å²) in [6, 6.07) is 3.86. The van der Waals surface area contributed by atoms with Crippen LogP contribution in [0.25, 0.3) is 0 Å². The SMILES string of the molecule is CCO[Si](CC)(CC)CCCN(CCCN(C)CC)CCCN(C)CC. The maximum Gasteiger partial charge on any atom is 0.192 e. The second kappa shape index (κ2) is 16.1. The highest BCUT2D eigenvalue weighted by Crippen LogP contribution is 2.24. The molecule has 0 N–H and O–H groups in total. The van der Waals surface area contributed by atoms with Gasteiger partial charge in [0.1, 0.15) is 0 Å². The molecule has 0 aromatic carbocycles. The summed E-state index contributed by atoms with van der Waals surface area (Å²) >= 11 is 0. The van der Waals surface area contributed by atoms with E-state index in [1.807, 2.05) is 0 Å². The highest BCUT2D eigenvalue weighted by Gasteiger charge is 2.29. The molecule has 0 spiro atoms. The lowest BCUT2D eigenvalue weighted by molar-refractivity contribution is 0.229. The van der Waals surface area contributed by atoms with Crippen molar-refractivity contribution in [3.05, 3.63) is 0 Å². The topological polar surface area (TPSA) is 19.0 Å². The minimum Gasteiger partial charge on any atom is -0.417 e. The summed E-state index contributed by atoms with van der Waals surface area (Å²) in [7, 11) is 2.99. The lowest BCUT2D eigenvalue weighted by Crippen LogP contribution is -2.38. The van der Waals surface area contributed by atoms with Crippen molar-refractivity contribution in [3.63, 3.8) is 0 Å². The molecule has 0 aliphatic rings. The van der Waals surface area contributed by atoms with Gasteiger partial charge in [-0.15, -0.1) is 0 Å². The van der Waals surface area contributed by atoms with E-state index in [4.69, 9.17) is 4.43 Å². The van der Waals surface area contributed by atoms with Crippen molar-refractivity contribution in [3.8, 4) is 0 Å². The molecule has 0 atom stereocenters. The predicted octanol–water partition coefficient (Wildman–Crippen LogP) is 4.38. The zero-order chi connectivity index (χ0) is 19.8. The fourth-order valence-electron chi connectivity index (χ4n) is 3.59. The highest BCUT2D eigenvalue weighted by molar-refractivity contribution is 6.73. The number of rotatable bonds is 18. The largest absolute Gasteiger partial charge is 0.417 e. The van der Waals surface area contributed by atoms with Crippen molar-refractivity contribution in [2.45, 2.75) is 72.0 Å². The molecule has 0 amide bonds. The quantitative estimate of drug-likeness (QED) is 0.325. The third-order valence-corrected chi connectivity index (χ3v) is 10.7. The third kappa shape index (κ3) is 11.7. The Bertz CT molecular complexity index is 298. The van der Waals surface area contributed by atoms with E-state index in [-0.39, 0.29) is 0 Å². The zero-order valence-electron chi connectivity index (χ0n) is 19.1. The molecule has 26 heavy (non-hydrogen) atoms. The molecule has 0 heterocycles. The molecule has 158 valence electrons. The summed E-state index contributed by atoms with van der Waals surface area (Å²) < 4.78 is 6.27. The number of hydrogen-bond donors (Lipinski definition) is 0. The molecule has 0 aromatic heterocycles. The number of nitrogens with zero attached hydrogens (tertiary/aromatic N) is 3. The minimum absolute atomic E-state index is 0.893. The Hall–Kier alpha value is 0.0569. The van der Waals surface area contributed by atoms with E-state index >= 15 is 0 Å². The van der Waals surface area contributed by atoms with Crippen LogP contribution in [0.3, 0.4) is 0 Å². The van der Waals surface area contributed by atoms with Gasteiger partial charge in [-0.3, -0.25) is 0 Å². The molecule has 0 rings (SSSR count). The summed E-state index contributed by atoms with van der Waals surface area (Å²) in [6.45, 7) is 20.7. The average molecular weight is 388 g/mol. The molecule has 0 aliphatic heterocycles. The van der Waals surface area contributed by atoms with Crippen LogP contribution in [0.1, 0.15) is 53.9 Å². The van der Waals surface area contributed by atoms with Crippen molar-refractivity contribution in [1.29, 1.82) is 0 Å². The maximum atomic E-state index is 6.27. The van der Waals surface area contributed by atoms with Gasteiger partial charge in [-0.2, -0.15) is 0 Å². The van der Waals surface area contributed by atoms with Crippen LogP contribution in [0.5, 0.6) is 0 Å². The van der Waals surface area contributed by atoms with E-state index in [9.17, 15) is 0 Å². The van der Waals surface area contributed by atoms with Crippen molar-refractivity contribution < 1.29 is 4.43 Å². The second-order valence-corrected chi connectivity index (χ2v) is 12.3. The highest BCUT2D eigenvalue weighted by atomic mass is 28.4. The third-order valence-electron chi connectivity index (χ3n) is 5.95. The Balaban J connectivity index is 4.42. The predicted molar refractivity (Wildman–Crippen MR) is 120 cm³/mol. The van der Waals surface area contributed by atoms with Crippen molar-refractivity contribution >= 4 is 8.32 Å². The van der Waals surface area contributed by atoms with Crippen LogP contribution in [0.2, 0.25) is 18.1 Å². The fourth-order valence-corrected chi connectivity index (χ4v) is 6.77. The van der Waals surface area contributed by atoms with Crippen molar-refractivity contribution in [1.82, 2.24) is 14.7 Å². The van der Waals surface area contributed by atoms with Gasteiger partial charge in [0.2, 0.25) is 0 Å². The van der Waals surface area contributed by atoms with Crippen LogP contribution in [-0.2, 0) is 4.43 Å². The van der Waals surface area contributed by atoms with Gasteiger partial charge in [-0.05, 0) is 104 Å². The van der Waals surface area contributed by atoms with Gasteiger partial charge in [0.15, 0.2) is 8.32 Å². The van der Waals surface area contributed by atoms with Crippen LogP contribution in [-0.4, -0.2) is 89.5 Å². The normalized spacial score (nSPS) is 12.7. The lowest BCUT2D eigenvalue weighted by atomic mass is 10.3. The summed E-state index contributed by atoms with van der Waals surface area (Å²) in [4.78, 5) is 7.55. The first-order valence-corrected chi connectivity index (χ1v) is 13.7. The number of hydrogen-bond acceptors (Lipinski definition) is 4. The van der Waals surface area contributed by atoms with E-state index in [1.54, 1.807) is 0 Å². The Morgan fingerprint density at radius 1 is 0.654 bits per heavy atom. The molecule has 0 bridgehead atoms. The van der Waals surface area contributed by atoms with Crippen LogP contribution in [0.4, 0.5) is 0 Å². The summed E-state index contributed by atoms with van der Waals surface area (Å²) in [5.74, 6) is 0. The average Bonchev–Trinajstić information content (AvgIpc) is 2.66. The molecule has 0 aliphatic carbocycles.